The monoisotopic (exact) mass is 285 g/mol. The lowest BCUT2D eigenvalue weighted by Gasteiger charge is -2.04. The van der Waals surface area contributed by atoms with E-state index in [1.807, 2.05) is 0 Å². The van der Waals surface area contributed by atoms with Crippen molar-refractivity contribution in [2.45, 2.75) is 11.8 Å². The van der Waals surface area contributed by atoms with Gasteiger partial charge in [0.05, 0.1) is 4.92 Å². The number of non-ortho nitro benzene ring substituents is 1. The topological polar surface area (TPSA) is 77.3 Å². The quantitative estimate of drug-likeness (QED) is 0.279. The largest absolute Gasteiger partial charge is 0.298 e. The molecule has 0 amide bonds. The van der Waals surface area contributed by atoms with E-state index in [4.69, 9.17) is 0 Å². The molecule has 1 atom stereocenters. The van der Waals surface area contributed by atoms with Gasteiger partial charge in [0.15, 0.2) is 11.6 Å². The number of nitro benzene ring substituents is 1. The van der Waals surface area contributed by atoms with Crippen molar-refractivity contribution >= 4 is 33.2 Å². The van der Waals surface area contributed by atoms with Gasteiger partial charge in [0.1, 0.15) is 4.83 Å². The number of carbonyl (C=O) groups is 2. The van der Waals surface area contributed by atoms with E-state index in [1.165, 1.54) is 31.2 Å². The summed E-state index contributed by atoms with van der Waals surface area (Å²) in [5, 5.41) is 10.4. The van der Waals surface area contributed by atoms with Gasteiger partial charge in [-0.25, -0.2) is 0 Å². The molecular formula is C10H8BrNO4. The third kappa shape index (κ3) is 2.73. The number of rotatable bonds is 4. The summed E-state index contributed by atoms with van der Waals surface area (Å²) < 4.78 is 0. The first-order chi connectivity index (χ1) is 7.43. The number of Topliss-reactive ketones (excluding diaryl/α,β-unsaturated/α-hetero) is 2. The van der Waals surface area contributed by atoms with Crippen LogP contribution in [0.25, 0.3) is 0 Å². The number of nitro groups is 1. The maximum absolute atomic E-state index is 11.6. The average molecular weight is 286 g/mol. The summed E-state index contributed by atoms with van der Waals surface area (Å²) >= 11 is 2.96. The lowest BCUT2D eigenvalue weighted by molar-refractivity contribution is -0.384. The molecule has 0 aliphatic heterocycles. The fourth-order valence-electron chi connectivity index (χ4n) is 1.08. The fourth-order valence-corrected chi connectivity index (χ4v) is 1.34. The Labute approximate surface area is 99.7 Å². The highest BCUT2D eigenvalue weighted by atomic mass is 79.9. The second-order valence-electron chi connectivity index (χ2n) is 3.14. The molecule has 0 fully saturated rings. The van der Waals surface area contributed by atoms with E-state index < -0.39 is 15.5 Å². The molecule has 16 heavy (non-hydrogen) atoms. The van der Waals surface area contributed by atoms with Crippen LogP contribution in [0.5, 0.6) is 0 Å². The Morgan fingerprint density at radius 3 is 2.19 bits per heavy atom. The normalized spacial score (nSPS) is 11.9. The van der Waals surface area contributed by atoms with Crippen LogP contribution in [0, 0.1) is 10.1 Å². The minimum atomic E-state index is -0.894. The van der Waals surface area contributed by atoms with Gasteiger partial charge in [-0.15, -0.1) is 0 Å². The van der Waals surface area contributed by atoms with Gasteiger partial charge in [-0.2, -0.15) is 0 Å². The molecule has 0 aromatic heterocycles. The molecule has 1 aromatic rings. The second-order valence-corrected chi connectivity index (χ2v) is 4.06. The molecule has 0 radical (unpaired) electrons. The molecule has 0 aliphatic rings. The summed E-state index contributed by atoms with van der Waals surface area (Å²) in [4.78, 5) is 31.5. The summed E-state index contributed by atoms with van der Waals surface area (Å²) in [6.45, 7) is 1.29. The summed E-state index contributed by atoms with van der Waals surface area (Å²) in [6, 6.07) is 5.12. The minimum absolute atomic E-state index is 0.0921. The first-order valence-electron chi connectivity index (χ1n) is 4.36. The smallest absolute Gasteiger partial charge is 0.269 e. The molecule has 84 valence electrons. The van der Waals surface area contributed by atoms with Crippen LogP contribution in [0.15, 0.2) is 24.3 Å². The molecule has 1 aromatic carbocycles. The first-order valence-corrected chi connectivity index (χ1v) is 5.28. The number of hydrogen-bond donors (Lipinski definition) is 0. The summed E-state index contributed by atoms with van der Waals surface area (Å²) in [7, 11) is 0. The lowest BCUT2D eigenvalue weighted by Crippen LogP contribution is -2.21. The Bertz CT molecular complexity index is 441. The number of halogens is 1. The van der Waals surface area contributed by atoms with Gasteiger partial charge in [0, 0.05) is 17.7 Å². The Kier molecular flexibility index (Phi) is 3.89. The van der Waals surface area contributed by atoms with E-state index in [0.29, 0.717) is 0 Å². The third-order valence-corrected chi connectivity index (χ3v) is 3.01. The number of nitrogens with zero attached hydrogens (tertiary/aromatic N) is 1. The van der Waals surface area contributed by atoms with Crippen molar-refractivity contribution in [3.8, 4) is 0 Å². The van der Waals surface area contributed by atoms with Gasteiger partial charge in [-0.1, -0.05) is 15.9 Å². The third-order valence-electron chi connectivity index (χ3n) is 1.95. The van der Waals surface area contributed by atoms with Crippen molar-refractivity contribution in [3.05, 3.63) is 39.9 Å². The van der Waals surface area contributed by atoms with Crippen molar-refractivity contribution in [2.24, 2.45) is 0 Å². The zero-order valence-electron chi connectivity index (χ0n) is 8.34. The van der Waals surface area contributed by atoms with Gasteiger partial charge in [0.25, 0.3) is 5.69 Å². The molecular weight excluding hydrogens is 278 g/mol. The summed E-state index contributed by atoms with van der Waals surface area (Å²) in [5.41, 5.74) is 0.174. The molecule has 6 heteroatoms. The SMILES string of the molecule is CC(=O)C(Br)C(=O)c1ccc([N+](=O)[O-])cc1. The fraction of sp³-hybridized carbons (Fsp3) is 0.200. The maximum Gasteiger partial charge on any atom is 0.269 e. The van der Waals surface area contributed by atoms with E-state index in [0.717, 1.165) is 0 Å². The van der Waals surface area contributed by atoms with Gasteiger partial charge < -0.3 is 0 Å². The maximum atomic E-state index is 11.6. The van der Waals surface area contributed by atoms with Gasteiger partial charge >= 0.3 is 0 Å². The van der Waals surface area contributed by atoms with E-state index >= 15 is 0 Å². The number of carbonyl (C=O) groups excluding carboxylic acids is 2. The standard InChI is InChI=1S/C10H8BrNO4/c1-6(13)9(11)10(14)7-2-4-8(5-3-7)12(15)16/h2-5,9H,1H3. The van der Waals surface area contributed by atoms with E-state index in [9.17, 15) is 19.7 Å². The summed E-state index contributed by atoms with van der Waals surface area (Å²) in [5.74, 6) is -0.703. The van der Waals surface area contributed by atoms with Crippen LogP contribution in [0.3, 0.4) is 0 Å². The Balaban J connectivity index is 2.94. The molecule has 0 bridgehead atoms. The molecule has 0 spiro atoms. The van der Waals surface area contributed by atoms with E-state index in [1.54, 1.807) is 0 Å². The average Bonchev–Trinajstić information content (AvgIpc) is 2.27. The predicted molar refractivity (Wildman–Crippen MR) is 60.8 cm³/mol. The highest BCUT2D eigenvalue weighted by Gasteiger charge is 2.21. The highest BCUT2D eigenvalue weighted by Crippen LogP contribution is 2.16. The molecule has 1 rings (SSSR count). The van der Waals surface area contributed by atoms with Crippen molar-refractivity contribution < 1.29 is 14.5 Å². The Morgan fingerprint density at radius 2 is 1.81 bits per heavy atom. The summed E-state index contributed by atoms with van der Waals surface area (Å²) in [6.07, 6.45) is 0. The zero-order valence-corrected chi connectivity index (χ0v) is 9.93. The van der Waals surface area contributed by atoms with Crippen molar-refractivity contribution in [1.29, 1.82) is 0 Å². The number of alkyl halides is 1. The van der Waals surface area contributed by atoms with Gasteiger partial charge in [-0.05, 0) is 19.1 Å². The molecule has 0 saturated heterocycles. The lowest BCUT2D eigenvalue weighted by atomic mass is 10.1. The number of ketones is 2. The second kappa shape index (κ2) is 4.98. The zero-order chi connectivity index (χ0) is 12.3. The number of hydrogen-bond acceptors (Lipinski definition) is 4. The Morgan fingerprint density at radius 1 is 1.31 bits per heavy atom. The molecule has 0 heterocycles. The van der Waals surface area contributed by atoms with Gasteiger partial charge in [0.2, 0.25) is 0 Å². The molecule has 0 N–H and O–H groups in total. The van der Waals surface area contributed by atoms with Gasteiger partial charge in [-0.3, -0.25) is 19.7 Å². The minimum Gasteiger partial charge on any atom is -0.298 e. The molecule has 5 nitrogen and oxygen atoms in total. The number of benzene rings is 1. The first kappa shape index (κ1) is 12.5. The van der Waals surface area contributed by atoms with Crippen LogP contribution in [-0.2, 0) is 4.79 Å². The highest BCUT2D eigenvalue weighted by molar-refractivity contribution is 9.10. The molecule has 0 saturated carbocycles. The van der Waals surface area contributed by atoms with Crippen LogP contribution in [0.4, 0.5) is 5.69 Å². The van der Waals surface area contributed by atoms with E-state index in [-0.39, 0.29) is 17.0 Å². The Hall–Kier alpha value is -1.56. The van der Waals surface area contributed by atoms with Crippen molar-refractivity contribution in [2.75, 3.05) is 0 Å². The van der Waals surface area contributed by atoms with E-state index in [2.05, 4.69) is 15.9 Å². The molecule has 0 aliphatic carbocycles. The van der Waals surface area contributed by atoms with Crippen LogP contribution >= 0.6 is 15.9 Å². The van der Waals surface area contributed by atoms with Crippen LogP contribution in [-0.4, -0.2) is 21.3 Å². The predicted octanol–water partition coefficient (Wildman–Crippen LogP) is 2.13. The van der Waals surface area contributed by atoms with Crippen molar-refractivity contribution in [1.82, 2.24) is 0 Å². The van der Waals surface area contributed by atoms with Crippen molar-refractivity contribution in [3.63, 3.8) is 0 Å². The van der Waals surface area contributed by atoms with Crippen LogP contribution in [0.2, 0.25) is 0 Å². The molecule has 1 unspecified atom stereocenters. The van der Waals surface area contributed by atoms with Crippen LogP contribution < -0.4 is 0 Å². The van der Waals surface area contributed by atoms with Crippen LogP contribution in [0.1, 0.15) is 17.3 Å².